The Kier molecular flexibility index (Phi) is 6.37. The van der Waals surface area contributed by atoms with E-state index in [4.69, 9.17) is 31.5 Å². The Labute approximate surface area is 153 Å². The van der Waals surface area contributed by atoms with Crippen molar-refractivity contribution >= 4 is 25.2 Å². The second-order valence-corrected chi connectivity index (χ2v) is 7.54. The van der Waals surface area contributed by atoms with Gasteiger partial charge in [0.2, 0.25) is 0 Å². The highest BCUT2D eigenvalue weighted by atomic mass is 32.1. The third-order valence-electron chi connectivity index (χ3n) is 3.66. The molecule has 2 rings (SSSR count). The molecule has 3 atom stereocenters. The highest BCUT2D eigenvalue weighted by Gasteiger charge is 2.40. The predicted molar refractivity (Wildman–Crippen MR) is 93.7 cm³/mol. The second kappa shape index (κ2) is 7.99. The second-order valence-electron chi connectivity index (χ2n) is 5.95. The van der Waals surface area contributed by atoms with Gasteiger partial charge in [0.1, 0.15) is 18.4 Å². The molecule has 13 heteroatoms. The number of thiocarbonyl (C=S) groups is 1. The number of hydrogen-bond acceptors (Lipinski definition) is 7. The first-order chi connectivity index (χ1) is 12.0. The minimum absolute atomic E-state index is 0.144. The molecule has 0 amide bonds. The van der Waals surface area contributed by atoms with Crippen LogP contribution in [0.15, 0.2) is 15.8 Å². The molecule has 1 aromatic heterocycles. The number of rotatable bonds is 5. The van der Waals surface area contributed by atoms with Crippen molar-refractivity contribution in [3.05, 3.63) is 32.6 Å². The number of aryl methyl sites for hydroxylation is 1. The molecule has 0 spiro atoms. The van der Waals surface area contributed by atoms with Crippen LogP contribution in [0.4, 0.5) is 0 Å². The number of ether oxygens (including phenoxy) is 2. The number of nitrogens with zero attached hydrogens (tertiary/aromatic N) is 2. The number of phosphoric acid groups is 1. The first-order valence-corrected chi connectivity index (χ1v) is 9.47. The summed E-state index contributed by atoms with van der Waals surface area (Å²) in [6.45, 7) is 1.08. The van der Waals surface area contributed by atoms with Crippen molar-refractivity contribution < 1.29 is 28.3 Å². The Bertz CT molecular complexity index is 831. The maximum atomic E-state index is 12.0. The monoisotopic (exact) mass is 409 g/mol. The first-order valence-electron chi connectivity index (χ1n) is 7.53. The fraction of sp³-hybridized carbons (Fsp3) is 0.615. The van der Waals surface area contributed by atoms with Gasteiger partial charge in [-0.1, -0.05) is 0 Å². The van der Waals surface area contributed by atoms with Crippen molar-refractivity contribution in [2.75, 3.05) is 20.7 Å². The Morgan fingerprint density at radius 1 is 1.50 bits per heavy atom. The molecule has 0 aliphatic carbocycles. The molecule has 146 valence electrons. The average molecular weight is 409 g/mol. The molecule has 0 bridgehead atoms. The Morgan fingerprint density at radius 3 is 2.73 bits per heavy atom. The van der Waals surface area contributed by atoms with Gasteiger partial charge in [-0.2, -0.15) is 0 Å². The maximum absolute atomic E-state index is 12.0. The van der Waals surface area contributed by atoms with Crippen LogP contribution in [0, 0.1) is 6.92 Å². The van der Waals surface area contributed by atoms with Gasteiger partial charge in [-0.15, -0.1) is 0 Å². The molecule has 0 saturated carbocycles. The summed E-state index contributed by atoms with van der Waals surface area (Å²) in [6, 6.07) is 0. The summed E-state index contributed by atoms with van der Waals surface area (Å²) in [7, 11) is -1.36. The summed E-state index contributed by atoms with van der Waals surface area (Å²) in [6.07, 6.45) is -0.905. The van der Waals surface area contributed by atoms with Crippen LogP contribution in [0.2, 0.25) is 0 Å². The largest absolute Gasteiger partial charge is 0.469 e. The molecule has 1 fully saturated rings. The number of phosphoric ester groups is 1. The molecule has 1 unspecified atom stereocenters. The van der Waals surface area contributed by atoms with Crippen LogP contribution in [-0.4, -0.2) is 62.3 Å². The third kappa shape index (κ3) is 5.22. The average Bonchev–Trinajstić information content (AvgIpc) is 2.90. The van der Waals surface area contributed by atoms with Gasteiger partial charge in [0.05, 0.1) is 6.61 Å². The lowest BCUT2D eigenvalue weighted by Crippen LogP contribution is -2.34. The van der Waals surface area contributed by atoms with Gasteiger partial charge >= 0.3 is 13.5 Å². The lowest BCUT2D eigenvalue weighted by atomic mass is 10.2. The van der Waals surface area contributed by atoms with Crippen LogP contribution < -0.4 is 11.2 Å². The van der Waals surface area contributed by atoms with E-state index in [1.165, 1.54) is 17.7 Å². The molecule has 0 aromatic carbocycles. The number of nitrogens with one attached hydrogen (secondary N) is 1. The number of H-pyrrole nitrogens is 1. The smallest absolute Gasteiger partial charge is 0.465 e. The quantitative estimate of drug-likeness (QED) is 0.429. The van der Waals surface area contributed by atoms with E-state index >= 15 is 0 Å². The summed E-state index contributed by atoms with van der Waals surface area (Å²) < 4.78 is 27.9. The summed E-state index contributed by atoms with van der Waals surface area (Å²) in [5.74, 6) is 0. The number of aromatic amines is 1. The van der Waals surface area contributed by atoms with Crippen molar-refractivity contribution in [3.63, 3.8) is 0 Å². The van der Waals surface area contributed by atoms with Gasteiger partial charge in [-0.3, -0.25) is 18.9 Å². The number of aromatic nitrogens is 2. The van der Waals surface area contributed by atoms with E-state index in [2.05, 4.69) is 9.51 Å². The van der Waals surface area contributed by atoms with Gasteiger partial charge in [0.15, 0.2) is 0 Å². The summed E-state index contributed by atoms with van der Waals surface area (Å²) in [5, 5.41) is 0.144. The molecular weight excluding hydrogens is 389 g/mol. The van der Waals surface area contributed by atoms with Crippen molar-refractivity contribution in [2.45, 2.75) is 31.8 Å². The molecule has 1 saturated heterocycles. The molecule has 1 aliphatic heterocycles. The SMILES string of the molecule is Cc1cn([C@H]2C[C@@H](OC(=S)N(C)C)C(COP(=O)(O)O)O2)c(=O)[nH]c1=O. The van der Waals surface area contributed by atoms with Crippen molar-refractivity contribution in [1.82, 2.24) is 14.5 Å². The lowest BCUT2D eigenvalue weighted by molar-refractivity contribution is -0.0440. The minimum Gasteiger partial charge on any atom is -0.465 e. The van der Waals surface area contributed by atoms with E-state index in [9.17, 15) is 14.2 Å². The van der Waals surface area contributed by atoms with Gasteiger partial charge in [-0.05, 0) is 19.1 Å². The van der Waals surface area contributed by atoms with Crippen LogP contribution in [0.3, 0.4) is 0 Å². The van der Waals surface area contributed by atoms with E-state index in [1.54, 1.807) is 19.0 Å². The van der Waals surface area contributed by atoms with Crippen LogP contribution in [0.25, 0.3) is 0 Å². The fourth-order valence-corrected chi connectivity index (χ4v) is 2.82. The van der Waals surface area contributed by atoms with Crippen molar-refractivity contribution in [3.8, 4) is 0 Å². The molecule has 3 N–H and O–H groups in total. The predicted octanol–water partition coefficient (Wildman–Crippen LogP) is -0.526. The standard InChI is InChI=1S/C13H20N3O8PS/c1-7-5-16(12(18)14-11(7)17)10-4-8(24-13(26)15(2)3)9(23-10)6-22-25(19,20)21/h5,8-10H,4,6H2,1-3H3,(H,14,17,18)(H2,19,20,21)/t8-,9?,10-/m1/s1. The van der Waals surface area contributed by atoms with Crippen LogP contribution in [-0.2, 0) is 18.6 Å². The van der Waals surface area contributed by atoms with Gasteiger partial charge in [0, 0.05) is 32.3 Å². The zero-order chi connectivity index (χ0) is 19.6. The highest BCUT2D eigenvalue weighted by Crippen LogP contribution is 2.38. The summed E-state index contributed by atoms with van der Waals surface area (Å²) in [4.78, 5) is 45.0. The summed E-state index contributed by atoms with van der Waals surface area (Å²) >= 11 is 5.08. The van der Waals surface area contributed by atoms with Gasteiger partial charge in [0.25, 0.3) is 10.7 Å². The molecule has 11 nitrogen and oxygen atoms in total. The van der Waals surface area contributed by atoms with Gasteiger partial charge in [-0.25, -0.2) is 9.36 Å². The normalized spacial score (nSPS) is 23.0. The maximum Gasteiger partial charge on any atom is 0.469 e. The molecule has 1 aromatic rings. The zero-order valence-electron chi connectivity index (χ0n) is 14.3. The van der Waals surface area contributed by atoms with E-state index < -0.39 is 44.1 Å². The highest BCUT2D eigenvalue weighted by molar-refractivity contribution is 7.80. The van der Waals surface area contributed by atoms with Crippen molar-refractivity contribution in [1.29, 1.82) is 0 Å². The Hall–Kier alpha value is -1.56. The molecule has 2 heterocycles. The zero-order valence-corrected chi connectivity index (χ0v) is 16.0. The van der Waals surface area contributed by atoms with E-state index in [0.29, 0.717) is 5.56 Å². The lowest BCUT2D eigenvalue weighted by Gasteiger charge is -2.22. The Morgan fingerprint density at radius 2 is 2.15 bits per heavy atom. The van der Waals surface area contributed by atoms with E-state index in [1.807, 2.05) is 0 Å². The minimum atomic E-state index is -4.71. The van der Waals surface area contributed by atoms with Gasteiger partial charge < -0.3 is 24.2 Å². The van der Waals surface area contributed by atoms with Crippen molar-refractivity contribution in [2.24, 2.45) is 0 Å². The third-order valence-corrected chi connectivity index (χ3v) is 4.61. The fourth-order valence-electron chi connectivity index (χ4n) is 2.35. The summed E-state index contributed by atoms with van der Waals surface area (Å²) in [5.41, 5.74) is -0.868. The van der Waals surface area contributed by atoms with E-state index in [-0.39, 0.29) is 11.6 Å². The van der Waals surface area contributed by atoms with Crippen LogP contribution in [0.1, 0.15) is 18.2 Å². The van der Waals surface area contributed by atoms with Crippen LogP contribution >= 0.6 is 20.0 Å². The molecule has 0 radical (unpaired) electrons. The molecule has 1 aliphatic rings. The van der Waals surface area contributed by atoms with E-state index in [0.717, 1.165) is 0 Å². The first kappa shape index (κ1) is 20.7. The number of hydrogen-bond donors (Lipinski definition) is 3. The Balaban J connectivity index is 2.24. The topological polar surface area (TPSA) is 143 Å². The molecule has 26 heavy (non-hydrogen) atoms. The molecular formula is C13H20N3O8PS. The van der Waals surface area contributed by atoms with Crippen LogP contribution in [0.5, 0.6) is 0 Å².